The molecule has 0 saturated heterocycles. The van der Waals surface area contributed by atoms with Gasteiger partial charge in [0.2, 0.25) is 0 Å². The van der Waals surface area contributed by atoms with Crippen LogP contribution in [0.15, 0.2) is 47.4 Å². The molecule has 0 radical (unpaired) electrons. The topological polar surface area (TPSA) is 52.3 Å². The van der Waals surface area contributed by atoms with Crippen LogP contribution in [0.4, 0.5) is 5.69 Å². The number of hydrogen-bond acceptors (Lipinski definition) is 4. The molecule has 4 heteroatoms. The molecule has 0 fully saturated rings. The summed E-state index contributed by atoms with van der Waals surface area (Å²) in [6.07, 6.45) is 2.11. The summed E-state index contributed by atoms with van der Waals surface area (Å²) in [7, 11) is 0. The molecule has 0 amide bonds. The van der Waals surface area contributed by atoms with Crippen LogP contribution in [0.5, 0.6) is 5.75 Å². The number of ether oxygens (including phenoxy) is 1. The fourth-order valence-corrected chi connectivity index (χ4v) is 2.96. The zero-order chi connectivity index (χ0) is 23.8. The standard InChI is InChI=1S/C21H34O2.C6H7NS/c1-9-20(5,6)16-11-12-19(23-14-18(22)15(3)4)17(13-16)21(7,8)10-2;7-5-3-1-2-4-6(5)8/h11-13,15H,9-10,14H2,1-8H3;1-4,8H,7H2. The summed E-state index contributed by atoms with van der Waals surface area (Å²) in [5.74, 6) is 1.00. The minimum absolute atomic E-state index is 0.0101. The molecule has 0 saturated carbocycles. The molecule has 2 N–H and O–H groups in total. The summed E-state index contributed by atoms with van der Waals surface area (Å²) in [4.78, 5) is 12.7. The number of nitrogen functional groups attached to an aromatic ring is 1. The van der Waals surface area contributed by atoms with Crippen LogP contribution in [-0.4, -0.2) is 12.4 Å². The lowest BCUT2D eigenvalue weighted by atomic mass is 9.76. The number of carbonyl (C=O) groups excluding carboxylic acids is 1. The highest BCUT2D eigenvalue weighted by molar-refractivity contribution is 7.80. The molecule has 31 heavy (non-hydrogen) atoms. The van der Waals surface area contributed by atoms with Crippen LogP contribution in [0.2, 0.25) is 0 Å². The Labute approximate surface area is 195 Å². The van der Waals surface area contributed by atoms with E-state index in [0.717, 1.165) is 29.2 Å². The van der Waals surface area contributed by atoms with E-state index in [9.17, 15) is 4.79 Å². The Bertz CT molecular complexity index is 835. The van der Waals surface area contributed by atoms with E-state index in [1.54, 1.807) is 0 Å². The highest BCUT2D eigenvalue weighted by Crippen LogP contribution is 2.38. The lowest BCUT2D eigenvalue weighted by Crippen LogP contribution is -2.23. The van der Waals surface area contributed by atoms with Crippen LogP contribution in [0.1, 0.15) is 79.4 Å². The predicted octanol–water partition coefficient (Wildman–Crippen LogP) is 7.22. The van der Waals surface area contributed by atoms with Crippen molar-refractivity contribution >= 4 is 24.1 Å². The molecule has 0 aliphatic rings. The van der Waals surface area contributed by atoms with E-state index < -0.39 is 0 Å². The van der Waals surface area contributed by atoms with Gasteiger partial charge in [-0.3, -0.25) is 4.79 Å². The maximum atomic E-state index is 11.9. The van der Waals surface area contributed by atoms with Crippen molar-refractivity contribution in [2.45, 2.75) is 84.0 Å². The van der Waals surface area contributed by atoms with Crippen molar-refractivity contribution in [2.75, 3.05) is 12.3 Å². The average molecular weight is 444 g/mol. The summed E-state index contributed by atoms with van der Waals surface area (Å²) in [6.45, 7) is 17.4. The molecule has 0 heterocycles. The highest BCUT2D eigenvalue weighted by atomic mass is 32.1. The third kappa shape index (κ3) is 7.92. The molecular weight excluding hydrogens is 402 g/mol. The number of ketones is 1. The number of thiol groups is 1. The Balaban J connectivity index is 0.000000500. The van der Waals surface area contributed by atoms with Gasteiger partial charge in [0.05, 0.1) is 0 Å². The van der Waals surface area contributed by atoms with E-state index in [4.69, 9.17) is 10.5 Å². The Kier molecular flexibility index (Phi) is 10.2. The number of anilines is 1. The van der Waals surface area contributed by atoms with Crippen molar-refractivity contribution in [3.8, 4) is 5.75 Å². The highest BCUT2D eigenvalue weighted by Gasteiger charge is 2.27. The maximum absolute atomic E-state index is 11.9. The lowest BCUT2D eigenvalue weighted by Gasteiger charge is -2.30. The van der Waals surface area contributed by atoms with Gasteiger partial charge < -0.3 is 10.5 Å². The molecule has 0 spiro atoms. The molecule has 0 aromatic heterocycles. The number of rotatable bonds is 8. The number of para-hydroxylation sites is 1. The second-order valence-corrected chi connectivity index (χ2v) is 10.1. The molecule has 3 nitrogen and oxygen atoms in total. The molecule has 2 aromatic carbocycles. The van der Waals surface area contributed by atoms with E-state index in [1.807, 2.05) is 44.2 Å². The molecule has 0 unspecified atom stereocenters. The van der Waals surface area contributed by atoms with Crippen molar-refractivity contribution in [3.05, 3.63) is 53.6 Å². The zero-order valence-electron chi connectivity index (χ0n) is 20.6. The first kappa shape index (κ1) is 27.1. The van der Waals surface area contributed by atoms with E-state index >= 15 is 0 Å². The SMILES string of the molecule is CCC(C)(C)c1ccc(OCC(=O)C(C)C)c(C(C)(C)CC)c1.Nc1ccccc1S. The van der Waals surface area contributed by atoms with Gasteiger partial charge in [0, 0.05) is 22.1 Å². The van der Waals surface area contributed by atoms with Gasteiger partial charge in [0.15, 0.2) is 5.78 Å². The number of benzene rings is 2. The first-order chi connectivity index (χ1) is 14.4. The Hall–Kier alpha value is -1.94. The number of carbonyl (C=O) groups is 1. The van der Waals surface area contributed by atoms with Crippen LogP contribution >= 0.6 is 12.6 Å². The van der Waals surface area contributed by atoms with Crippen molar-refractivity contribution in [1.82, 2.24) is 0 Å². The maximum Gasteiger partial charge on any atom is 0.172 e. The smallest absolute Gasteiger partial charge is 0.172 e. The molecule has 0 bridgehead atoms. The monoisotopic (exact) mass is 443 g/mol. The van der Waals surface area contributed by atoms with Crippen LogP contribution in [0.25, 0.3) is 0 Å². The van der Waals surface area contributed by atoms with Crippen LogP contribution in [-0.2, 0) is 15.6 Å². The Morgan fingerprint density at radius 1 is 1.00 bits per heavy atom. The molecule has 0 atom stereocenters. The normalized spacial score (nSPS) is 11.7. The van der Waals surface area contributed by atoms with Crippen molar-refractivity contribution in [1.29, 1.82) is 0 Å². The average Bonchev–Trinajstić information content (AvgIpc) is 2.74. The minimum atomic E-state index is 0.0101. The number of nitrogens with two attached hydrogens (primary N) is 1. The third-order valence-electron chi connectivity index (χ3n) is 6.21. The van der Waals surface area contributed by atoms with E-state index in [1.165, 1.54) is 11.1 Å². The van der Waals surface area contributed by atoms with E-state index in [-0.39, 0.29) is 29.1 Å². The number of hydrogen-bond donors (Lipinski definition) is 2. The second-order valence-electron chi connectivity index (χ2n) is 9.65. The fraction of sp³-hybridized carbons (Fsp3) is 0.519. The molecule has 2 aromatic rings. The van der Waals surface area contributed by atoms with Gasteiger partial charge >= 0.3 is 0 Å². The summed E-state index contributed by atoms with van der Waals surface area (Å²) in [6, 6.07) is 13.9. The summed E-state index contributed by atoms with van der Waals surface area (Å²) < 4.78 is 5.90. The molecule has 2 rings (SSSR count). The first-order valence-corrected chi connectivity index (χ1v) is 11.6. The van der Waals surface area contributed by atoms with Crippen LogP contribution < -0.4 is 10.5 Å². The van der Waals surface area contributed by atoms with Gasteiger partial charge in [-0.1, -0.05) is 79.7 Å². The van der Waals surface area contributed by atoms with Gasteiger partial charge in [0.25, 0.3) is 0 Å². The van der Waals surface area contributed by atoms with Crippen molar-refractivity contribution < 1.29 is 9.53 Å². The Morgan fingerprint density at radius 3 is 2.03 bits per heavy atom. The van der Waals surface area contributed by atoms with Gasteiger partial charge in [0.1, 0.15) is 12.4 Å². The fourth-order valence-electron chi connectivity index (χ4n) is 2.80. The van der Waals surface area contributed by atoms with Gasteiger partial charge in [-0.15, -0.1) is 12.6 Å². The number of Topliss-reactive ketones (excluding diaryl/α,β-unsaturated/α-hetero) is 1. The largest absolute Gasteiger partial charge is 0.486 e. The zero-order valence-corrected chi connectivity index (χ0v) is 21.5. The molecule has 0 aliphatic carbocycles. The second kappa shape index (κ2) is 11.6. The summed E-state index contributed by atoms with van der Waals surface area (Å²) >= 11 is 4.07. The first-order valence-electron chi connectivity index (χ1n) is 11.2. The van der Waals surface area contributed by atoms with Crippen LogP contribution in [0.3, 0.4) is 0 Å². The van der Waals surface area contributed by atoms with Gasteiger partial charge in [-0.2, -0.15) is 0 Å². The van der Waals surface area contributed by atoms with Crippen molar-refractivity contribution in [3.63, 3.8) is 0 Å². The summed E-state index contributed by atoms with van der Waals surface area (Å²) in [5.41, 5.74) is 8.88. The molecular formula is C27H41NO2S. The van der Waals surface area contributed by atoms with E-state index in [0.29, 0.717) is 0 Å². The summed E-state index contributed by atoms with van der Waals surface area (Å²) in [5, 5.41) is 0. The van der Waals surface area contributed by atoms with Crippen molar-refractivity contribution in [2.24, 2.45) is 5.92 Å². The molecule has 0 aliphatic heterocycles. The Morgan fingerprint density at radius 2 is 1.58 bits per heavy atom. The van der Waals surface area contributed by atoms with Gasteiger partial charge in [-0.25, -0.2) is 0 Å². The predicted molar refractivity (Wildman–Crippen MR) is 137 cm³/mol. The quantitative estimate of drug-likeness (QED) is 0.334. The van der Waals surface area contributed by atoms with E-state index in [2.05, 4.69) is 66.3 Å². The van der Waals surface area contributed by atoms with Gasteiger partial charge in [-0.05, 0) is 47.4 Å². The third-order valence-corrected chi connectivity index (χ3v) is 6.62. The lowest BCUT2D eigenvalue weighted by molar-refractivity contribution is -0.123. The van der Waals surface area contributed by atoms with Crippen LogP contribution in [0, 0.1) is 5.92 Å². The minimum Gasteiger partial charge on any atom is -0.486 e. The molecule has 172 valence electrons.